The highest BCUT2D eigenvalue weighted by Gasteiger charge is 2.29. The second-order valence-corrected chi connectivity index (χ2v) is 6.23. The third-order valence-electron chi connectivity index (χ3n) is 2.80. The van der Waals surface area contributed by atoms with Crippen molar-refractivity contribution in [2.24, 2.45) is 5.73 Å². The molecule has 0 spiro atoms. The Labute approximate surface area is 106 Å². The van der Waals surface area contributed by atoms with Crippen LogP contribution in [0.1, 0.15) is 16.6 Å². The van der Waals surface area contributed by atoms with E-state index in [9.17, 15) is 8.42 Å². The molecule has 18 heavy (non-hydrogen) atoms. The Bertz CT molecular complexity index is 600. The smallest absolute Gasteiger partial charge is 0.189 e. The van der Waals surface area contributed by atoms with Crippen molar-refractivity contribution in [2.45, 2.75) is 17.1 Å². The van der Waals surface area contributed by atoms with E-state index in [2.05, 4.69) is 0 Å². The van der Waals surface area contributed by atoms with Crippen LogP contribution < -0.4 is 5.73 Å². The van der Waals surface area contributed by atoms with Crippen LogP contribution in [-0.4, -0.2) is 15.0 Å². The SMILES string of the molecule is Cc1ccc(S(=O)(=O)[C@@H](CN)c2ccco2)cc1. The first-order chi connectivity index (χ1) is 8.55. The van der Waals surface area contributed by atoms with Gasteiger partial charge in [-0.25, -0.2) is 8.42 Å². The summed E-state index contributed by atoms with van der Waals surface area (Å²) in [5.74, 6) is 0.373. The minimum atomic E-state index is -3.51. The van der Waals surface area contributed by atoms with Crippen LogP contribution >= 0.6 is 0 Å². The van der Waals surface area contributed by atoms with Gasteiger partial charge in [0.15, 0.2) is 9.84 Å². The van der Waals surface area contributed by atoms with E-state index in [4.69, 9.17) is 10.2 Å². The topological polar surface area (TPSA) is 73.3 Å². The van der Waals surface area contributed by atoms with E-state index in [1.807, 2.05) is 6.92 Å². The van der Waals surface area contributed by atoms with Crippen molar-refractivity contribution < 1.29 is 12.8 Å². The molecular weight excluding hydrogens is 250 g/mol. The highest BCUT2D eigenvalue weighted by molar-refractivity contribution is 7.91. The Kier molecular flexibility index (Phi) is 3.54. The maximum Gasteiger partial charge on any atom is 0.189 e. The van der Waals surface area contributed by atoms with Gasteiger partial charge in [-0.15, -0.1) is 0 Å². The van der Waals surface area contributed by atoms with Gasteiger partial charge < -0.3 is 10.2 Å². The average Bonchev–Trinajstić information content (AvgIpc) is 2.84. The number of hydrogen-bond donors (Lipinski definition) is 1. The molecule has 0 aliphatic carbocycles. The van der Waals surface area contributed by atoms with Gasteiger partial charge in [0, 0.05) is 6.54 Å². The monoisotopic (exact) mass is 265 g/mol. The molecule has 0 saturated carbocycles. The largest absolute Gasteiger partial charge is 0.468 e. The van der Waals surface area contributed by atoms with Crippen LogP contribution in [0, 0.1) is 6.92 Å². The van der Waals surface area contributed by atoms with Gasteiger partial charge in [-0.05, 0) is 31.2 Å². The van der Waals surface area contributed by atoms with E-state index < -0.39 is 15.1 Å². The van der Waals surface area contributed by atoms with Gasteiger partial charge in [0.05, 0.1) is 11.2 Å². The molecule has 2 N–H and O–H groups in total. The Morgan fingerprint density at radius 3 is 2.39 bits per heavy atom. The van der Waals surface area contributed by atoms with E-state index in [0.29, 0.717) is 5.76 Å². The second kappa shape index (κ2) is 4.96. The average molecular weight is 265 g/mol. The van der Waals surface area contributed by atoms with Crippen molar-refractivity contribution in [2.75, 3.05) is 6.54 Å². The summed E-state index contributed by atoms with van der Waals surface area (Å²) in [7, 11) is -3.51. The van der Waals surface area contributed by atoms with Crippen LogP contribution in [0.25, 0.3) is 0 Å². The summed E-state index contributed by atoms with van der Waals surface area (Å²) in [6.45, 7) is 1.90. The van der Waals surface area contributed by atoms with Gasteiger partial charge >= 0.3 is 0 Å². The minimum absolute atomic E-state index is 0.0102. The summed E-state index contributed by atoms with van der Waals surface area (Å²) in [6.07, 6.45) is 1.45. The summed E-state index contributed by atoms with van der Waals surface area (Å²) in [5, 5.41) is -0.838. The van der Waals surface area contributed by atoms with E-state index in [-0.39, 0.29) is 11.4 Å². The standard InChI is InChI=1S/C13H15NO3S/c1-10-4-6-11(7-5-10)18(15,16)13(9-14)12-3-2-8-17-12/h2-8,13H,9,14H2,1H3/t13-/m0/s1. The Morgan fingerprint density at radius 2 is 1.89 bits per heavy atom. The molecule has 0 radical (unpaired) electrons. The lowest BCUT2D eigenvalue weighted by atomic mass is 10.2. The van der Waals surface area contributed by atoms with E-state index in [1.165, 1.54) is 6.26 Å². The predicted molar refractivity (Wildman–Crippen MR) is 68.9 cm³/mol. The fourth-order valence-corrected chi connectivity index (χ4v) is 3.30. The first kappa shape index (κ1) is 12.9. The summed E-state index contributed by atoms with van der Waals surface area (Å²) in [4.78, 5) is 0.264. The van der Waals surface area contributed by atoms with Crippen LogP contribution in [0.4, 0.5) is 0 Å². The van der Waals surface area contributed by atoms with Crippen molar-refractivity contribution in [3.8, 4) is 0 Å². The molecule has 0 amide bonds. The summed E-state index contributed by atoms with van der Waals surface area (Å²) in [6, 6.07) is 10.0. The molecule has 0 saturated heterocycles. The maximum absolute atomic E-state index is 12.4. The van der Waals surface area contributed by atoms with Crippen LogP contribution in [0.15, 0.2) is 52.0 Å². The molecule has 0 aliphatic heterocycles. The van der Waals surface area contributed by atoms with Crippen molar-refractivity contribution in [1.82, 2.24) is 0 Å². The fourth-order valence-electron chi connectivity index (χ4n) is 1.76. The molecule has 0 aliphatic rings. The molecule has 4 nitrogen and oxygen atoms in total. The third-order valence-corrected chi connectivity index (χ3v) is 4.90. The quantitative estimate of drug-likeness (QED) is 0.918. The highest BCUT2D eigenvalue weighted by atomic mass is 32.2. The lowest BCUT2D eigenvalue weighted by Gasteiger charge is -2.13. The second-order valence-electron chi connectivity index (χ2n) is 4.10. The van der Waals surface area contributed by atoms with Crippen molar-refractivity contribution in [3.63, 3.8) is 0 Å². The molecule has 0 fully saturated rings. The number of sulfone groups is 1. The van der Waals surface area contributed by atoms with Crippen molar-refractivity contribution >= 4 is 9.84 Å². The van der Waals surface area contributed by atoms with E-state index in [1.54, 1.807) is 36.4 Å². The molecule has 1 atom stereocenters. The Morgan fingerprint density at radius 1 is 1.22 bits per heavy atom. The molecule has 0 unspecified atom stereocenters. The molecule has 5 heteroatoms. The van der Waals surface area contributed by atoms with Crippen molar-refractivity contribution in [1.29, 1.82) is 0 Å². The number of aryl methyl sites for hydroxylation is 1. The zero-order valence-electron chi connectivity index (χ0n) is 10.0. The maximum atomic E-state index is 12.4. The lowest BCUT2D eigenvalue weighted by Crippen LogP contribution is -2.21. The highest BCUT2D eigenvalue weighted by Crippen LogP contribution is 2.28. The molecular formula is C13H15NO3S. The van der Waals surface area contributed by atoms with E-state index in [0.717, 1.165) is 5.56 Å². The first-order valence-corrected chi connectivity index (χ1v) is 7.14. The number of rotatable bonds is 4. The number of nitrogens with two attached hydrogens (primary N) is 1. The molecule has 1 aromatic carbocycles. The van der Waals surface area contributed by atoms with Gasteiger partial charge in [-0.1, -0.05) is 17.7 Å². The molecule has 0 bridgehead atoms. The van der Waals surface area contributed by atoms with Crippen LogP contribution in [0.3, 0.4) is 0 Å². The fraction of sp³-hybridized carbons (Fsp3) is 0.231. The first-order valence-electron chi connectivity index (χ1n) is 5.59. The summed E-state index contributed by atoms with van der Waals surface area (Å²) < 4.78 is 30.0. The van der Waals surface area contributed by atoms with Gasteiger partial charge in [0.2, 0.25) is 0 Å². The van der Waals surface area contributed by atoms with Crippen LogP contribution in [0.2, 0.25) is 0 Å². The number of furan rings is 1. The Balaban J connectivity index is 2.44. The minimum Gasteiger partial charge on any atom is -0.468 e. The predicted octanol–water partition coefficient (Wildman–Crippen LogP) is 2.06. The lowest BCUT2D eigenvalue weighted by molar-refractivity contribution is 0.492. The number of hydrogen-bond acceptors (Lipinski definition) is 4. The summed E-state index contributed by atoms with van der Waals surface area (Å²) in [5.41, 5.74) is 6.59. The van der Waals surface area contributed by atoms with Gasteiger partial charge in [0.25, 0.3) is 0 Å². The van der Waals surface area contributed by atoms with Gasteiger partial charge in [0.1, 0.15) is 11.0 Å². The number of benzene rings is 1. The van der Waals surface area contributed by atoms with E-state index >= 15 is 0 Å². The molecule has 96 valence electrons. The molecule has 2 rings (SSSR count). The van der Waals surface area contributed by atoms with Gasteiger partial charge in [-0.3, -0.25) is 0 Å². The molecule has 1 heterocycles. The summed E-state index contributed by atoms with van der Waals surface area (Å²) >= 11 is 0. The molecule has 1 aromatic heterocycles. The van der Waals surface area contributed by atoms with Gasteiger partial charge in [-0.2, -0.15) is 0 Å². The molecule has 2 aromatic rings. The van der Waals surface area contributed by atoms with Crippen LogP contribution in [-0.2, 0) is 9.84 Å². The Hall–Kier alpha value is -1.59. The third kappa shape index (κ3) is 2.32. The zero-order valence-corrected chi connectivity index (χ0v) is 10.9. The van der Waals surface area contributed by atoms with Crippen molar-refractivity contribution in [3.05, 3.63) is 54.0 Å². The normalized spacial score (nSPS) is 13.4. The van der Waals surface area contributed by atoms with Crippen LogP contribution in [0.5, 0.6) is 0 Å². The zero-order chi connectivity index (χ0) is 13.2.